The zero-order valence-electron chi connectivity index (χ0n) is 12.2. The molecule has 0 aliphatic carbocycles. The summed E-state index contributed by atoms with van der Waals surface area (Å²) in [6.07, 6.45) is 1.58. The standard InChI is InChI=1S/C16H12FN5O/c1-9-5-6-10(8-19-9)21-16(23)14-7-13(18)11-3-2-4-12(17)15(11)22(14)20-21/h2-8,18,20H,1H3/p+1. The van der Waals surface area contributed by atoms with E-state index in [1.807, 2.05) is 6.92 Å². The number of hydrogen-bond donors (Lipinski definition) is 2. The first-order chi connectivity index (χ1) is 11.1. The van der Waals surface area contributed by atoms with Crippen LogP contribution in [0, 0.1) is 12.7 Å². The molecule has 0 spiro atoms. The number of para-hydroxylation sites is 1. The molecule has 0 amide bonds. The molecule has 0 aliphatic heterocycles. The minimum absolute atomic E-state index is 0.235. The van der Waals surface area contributed by atoms with Crippen molar-refractivity contribution in [2.45, 2.75) is 6.92 Å². The number of benzene rings is 1. The maximum absolute atomic E-state index is 14.3. The predicted molar refractivity (Wildman–Crippen MR) is 84.0 cm³/mol. The van der Waals surface area contributed by atoms with E-state index in [-0.39, 0.29) is 16.6 Å². The number of H-pyrrole nitrogens is 1. The van der Waals surface area contributed by atoms with Gasteiger partial charge in [0.25, 0.3) is 0 Å². The monoisotopic (exact) mass is 310 g/mol. The number of pyridine rings is 2. The number of rotatable bonds is 1. The van der Waals surface area contributed by atoms with E-state index in [4.69, 9.17) is 5.73 Å². The molecule has 6 nitrogen and oxygen atoms in total. The van der Waals surface area contributed by atoms with Crippen LogP contribution >= 0.6 is 0 Å². The van der Waals surface area contributed by atoms with Gasteiger partial charge >= 0.3 is 5.56 Å². The molecular formula is C16H13FN5O+. The van der Waals surface area contributed by atoms with Crippen LogP contribution in [0.1, 0.15) is 5.69 Å². The summed E-state index contributed by atoms with van der Waals surface area (Å²) < 4.78 is 17.0. The zero-order valence-corrected chi connectivity index (χ0v) is 12.2. The van der Waals surface area contributed by atoms with Gasteiger partial charge in [-0.1, -0.05) is 16.0 Å². The Bertz CT molecular complexity index is 1110. The Labute approximate surface area is 129 Å². The Morgan fingerprint density at radius 2 is 2.13 bits per heavy atom. The normalized spacial score (nSPS) is 11.4. The Balaban J connectivity index is 2.14. The van der Waals surface area contributed by atoms with Gasteiger partial charge in [0.2, 0.25) is 5.52 Å². The lowest BCUT2D eigenvalue weighted by molar-refractivity contribution is -0.556. The van der Waals surface area contributed by atoms with E-state index in [9.17, 15) is 9.18 Å². The number of anilines is 1. The SMILES string of the molecule is Cc1ccc(-n2[nH][n+]3c(cc(N)c4cccc(F)c43)c2=O)cn1. The average molecular weight is 310 g/mol. The van der Waals surface area contributed by atoms with Gasteiger partial charge < -0.3 is 5.73 Å². The second-order valence-electron chi connectivity index (χ2n) is 5.35. The molecule has 0 bridgehead atoms. The summed E-state index contributed by atoms with van der Waals surface area (Å²) in [5.41, 5.74) is 7.90. The summed E-state index contributed by atoms with van der Waals surface area (Å²) in [6.45, 7) is 1.86. The first-order valence-electron chi connectivity index (χ1n) is 7.03. The number of fused-ring (bicyclic) bond motifs is 3. The maximum Gasteiger partial charge on any atom is 0.406 e. The van der Waals surface area contributed by atoms with Crippen molar-refractivity contribution < 1.29 is 8.91 Å². The summed E-state index contributed by atoms with van der Waals surface area (Å²) in [6, 6.07) is 9.73. The highest BCUT2D eigenvalue weighted by Gasteiger charge is 2.22. The Kier molecular flexibility index (Phi) is 2.71. The van der Waals surface area contributed by atoms with E-state index in [1.165, 1.54) is 15.3 Å². The molecule has 4 rings (SSSR count). The number of nitrogen functional groups attached to an aromatic ring is 1. The van der Waals surface area contributed by atoms with Crippen molar-refractivity contribution in [3.8, 4) is 5.69 Å². The fourth-order valence-electron chi connectivity index (χ4n) is 2.67. The van der Waals surface area contributed by atoms with Gasteiger partial charge in [0.15, 0.2) is 17.0 Å². The smallest absolute Gasteiger partial charge is 0.398 e. The van der Waals surface area contributed by atoms with Gasteiger partial charge in [-0.05, 0) is 31.2 Å². The number of aromatic nitrogens is 4. The van der Waals surface area contributed by atoms with Crippen LogP contribution in [0.15, 0.2) is 47.4 Å². The first-order valence-corrected chi connectivity index (χ1v) is 7.03. The molecule has 3 N–H and O–H groups in total. The van der Waals surface area contributed by atoms with Crippen molar-refractivity contribution in [1.29, 1.82) is 0 Å². The molecule has 0 atom stereocenters. The van der Waals surface area contributed by atoms with E-state index < -0.39 is 5.82 Å². The summed E-state index contributed by atoms with van der Waals surface area (Å²) in [4.78, 5) is 16.8. The summed E-state index contributed by atoms with van der Waals surface area (Å²) in [5, 5.41) is 3.44. The molecule has 1 aromatic carbocycles. The molecule has 114 valence electrons. The molecule has 3 heterocycles. The van der Waals surface area contributed by atoms with Gasteiger partial charge in [0, 0.05) is 22.8 Å². The molecule has 0 radical (unpaired) electrons. The third kappa shape index (κ3) is 1.90. The van der Waals surface area contributed by atoms with Gasteiger partial charge in [-0.2, -0.15) is 0 Å². The van der Waals surface area contributed by atoms with Gasteiger partial charge in [0.1, 0.15) is 0 Å². The largest absolute Gasteiger partial charge is 0.406 e. The number of aromatic amines is 1. The lowest BCUT2D eigenvalue weighted by atomic mass is 10.1. The van der Waals surface area contributed by atoms with E-state index in [0.29, 0.717) is 16.8 Å². The molecule has 0 fully saturated rings. The quantitative estimate of drug-likeness (QED) is 0.523. The molecule has 23 heavy (non-hydrogen) atoms. The van der Waals surface area contributed by atoms with Gasteiger partial charge in [-0.25, -0.2) is 9.18 Å². The van der Waals surface area contributed by atoms with E-state index in [0.717, 1.165) is 5.69 Å². The number of halogens is 1. The lowest BCUT2D eigenvalue weighted by Crippen LogP contribution is -2.27. The minimum atomic E-state index is -0.458. The Hall–Kier alpha value is -3.22. The van der Waals surface area contributed by atoms with Gasteiger partial charge in [-0.15, -0.1) is 4.52 Å². The number of nitrogens with zero attached hydrogens (tertiary/aromatic N) is 3. The van der Waals surface area contributed by atoms with E-state index >= 15 is 0 Å². The highest BCUT2D eigenvalue weighted by molar-refractivity contribution is 5.89. The van der Waals surface area contributed by atoms with Crippen molar-refractivity contribution in [3.05, 3.63) is 64.5 Å². The minimum Gasteiger partial charge on any atom is -0.398 e. The highest BCUT2D eigenvalue weighted by Crippen LogP contribution is 2.20. The van der Waals surface area contributed by atoms with E-state index in [1.54, 1.807) is 36.5 Å². The fraction of sp³-hybridized carbons (Fsp3) is 0.0625. The molecule has 7 heteroatoms. The topological polar surface area (TPSA) is 80.8 Å². The fourth-order valence-corrected chi connectivity index (χ4v) is 2.67. The van der Waals surface area contributed by atoms with Crippen LogP contribution in [-0.2, 0) is 0 Å². The van der Waals surface area contributed by atoms with Crippen LogP contribution in [0.4, 0.5) is 10.1 Å². The predicted octanol–water partition coefficient (Wildman–Crippen LogP) is 1.48. The van der Waals surface area contributed by atoms with Crippen LogP contribution in [0.5, 0.6) is 0 Å². The average Bonchev–Trinajstić information content (AvgIpc) is 2.86. The van der Waals surface area contributed by atoms with Crippen LogP contribution in [0.2, 0.25) is 0 Å². The molecule has 0 saturated carbocycles. The van der Waals surface area contributed by atoms with Crippen LogP contribution < -0.4 is 15.8 Å². The second kappa shape index (κ2) is 4.64. The summed E-state index contributed by atoms with van der Waals surface area (Å²) in [5.74, 6) is -0.458. The third-order valence-corrected chi connectivity index (χ3v) is 3.83. The van der Waals surface area contributed by atoms with Crippen molar-refractivity contribution in [2.24, 2.45) is 0 Å². The number of hydrogen-bond acceptors (Lipinski definition) is 3. The summed E-state index contributed by atoms with van der Waals surface area (Å²) in [7, 11) is 0. The third-order valence-electron chi connectivity index (χ3n) is 3.83. The van der Waals surface area contributed by atoms with Gasteiger partial charge in [-0.3, -0.25) is 4.98 Å². The van der Waals surface area contributed by atoms with Gasteiger partial charge in [0.05, 0.1) is 6.20 Å². The molecule has 0 aliphatic rings. The van der Waals surface area contributed by atoms with Crippen molar-refractivity contribution in [2.75, 3.05) is 5.73 Å². The van der Waals surface area contributed by atoms with Crippen molar-refractivity contribution >= 4 is 22.1 Å². The number of nitrogens with one attached hydrogen (secondary N) is 1. The maximum atomic E-state index is 14.3. The second-order valence-corrected chi connectivity index (χ2v) is 5.35. The van der Waals surface area contributed by atoms with Crippen molar-refractivity contribution in [3.63, 3.8) is 0 Å². The van der Waals surface area contributed by atoms with E-state index in [2.05, 4.69) is 10.2 Å². The molecule has 0 unspecified atom stereocenters. The van der Waals surface area contributed by atoms with Crippen LogP contribution in [0.25, 0.3) is 22.1 Å². The molecular weight excluding hydrogens is 297 g/mol. The molecule has 0 saturated heterocycles. The lowest BCUT2D eigenvalue weighted by Gasteiger charge is -2.00. The van der Waals surface area contributed by atoms with Crippen LogP contribution in [-0.4, -0.2) is 14.9 Å². The molecule has 3 aromatic heterocycles. The Morgan fingerprint density at radius 1 is 1.30 bits per heavy atom. The first kappa shape index (κ1) is 13.4. The molecule has 4 aromatic rings. The Morgan fingerprint density at radius 3 is 2.87 bits per heavy atom. The summed E-state index contributed by atoms with van der Waals surface area (Å²) >= 11 is 0. The van der Waals surface area contributed by atoms with Crippen molar-refractivity contribution in [1.82, 2.24) is 14.9 Å². The highest BCUT2D eigenvalue weighted by atomic mass is 19.1. The number of nitrogens with two attached hydrogens (primary N) is 1. The van der Waals surface area contributed by atoms with Crippen LogP contribution in [0.3, 0.4) is 0 Å². The number of aryl methyl sites for hydroxylation is 1. The zero-order chi connectivity index (χ0) is 16.1.